The van der Waals surface area contributed by atoms with E-state index >= 15 is 0 Å². The van der Waals surface area contributed by atoms with Gasteiger partial charge in [-0.05, 0) is 83.0 Å². The zero-order valence-corrected chi connectivity index (χ0v) is 76.9. The highest BCUT2D eigenvalue weighted by atomic mass is 31.2. The second-order valence-corrected chi connectivity index (χ2v) is 36.6. The number of allylic oxidation sites excluding steroid dienone is 4. The zero-order valence-electron chi connectivity index (χ0n) is 76.0. The molecule has 0 spiro atoms. The molecule has 3 fully saturated rings. The van der Waals surface area contributed by atoms with Crippen LogP contribution in [0.4, 0.5) is 0 Å². The first-order chi connectivity index (χ1) is 58.6. The first kappa shape index (κ1) is 112. The standard InChI is InChI=1S/C95H175O25P/c1-6-10-14-18-22-25-28-31-34-37-40-43-46-49-57-63-69-81(100)117-90-86(105)87(106)91(118-94-88(107)84(103)82(101)76(70-96)115-94)93(92(90)119-95-89(108)85(104)83(102)77(116-95)73-112-79(98)67-61-55-51-50-53-59-65-74(5)64-58-52-21-17-13-9-4)120-121(109,110)113-72-75(114-80(99)68-62-56-48-45-42-39-36-33-30-27-24-20-16-12-8-3)71-111-78(97)66-60-54-47-44-41-38-35-32-29-26-23-19-15-11-7-2/h26-27,29-30,74-77,82-96,101-108H,6-25,28,31-73H2,1-5H3,(H,109,110)/b29-26-,30-27-. The van der Waals surface area contributed by atoms with E-state index in [0.29, 0.717) is 44.4 Å². The maximum Gasteiger partial charge on any atom is 0.472 e. The molecule has 2 aliphatic heterocycles. The predicted octanol–water partition coefficient (Wildman–Crippen LogP) is 18.7. The number of aliphatic hydroxyl groups is 9. The van der Waals surface area contributed by atoms with Crippen molar-refractivity contribution in [2.45, 2.75) is 524 Å². The highest BCUT2D eigenvalue weighted by molar-refractivity contribution is 7.47. The van der Waals surface area contributed by atoms with Crippen molar-refractivity contribution in [1.82, 2.24) is 0 Å². The molecule has 121 heavy (non-hydrogen) atoms. The third kappa shape index (κ3) is 52.9. The molecule has 3 aliphatic rings. The van der Waals surface area contributed by atoms with Gasteiger partial charge in [-0.15, -0.1) is 0 Å². The van der Waals surface area contributed by atoms with Crippen LogP contribution in [0.5, 0.6) is 0 Å². The fourth-order valence-corrected chi connectivity index (χ4v) is 17.2. The van der Waals surface area contributed by atoms with Crippen LogP contribution in [0.25, 0.3) is 0 Å². The SMILES string of the molecule is CCCCCC/C=C\CCCCCCCCCC(=O)OCC(COP(=O)(O)OC1C(OC2OC(CO)C(O)C(O)C2O)C(O)C(O)C(OC(=O)CCCCCCCCCCCCCCCCCC)C1OC1OC(COC(=O)CCCCCCCCC(C)CCCCCCCC)C(O)C(O)C1O)OC(=O)CCCCCCCCC/C=C\CCCCCC. The Hall–Kier alpha value is -3.05. The van der Waals surface area contributed by atoms with Gasteiger partial charge in [-0.25, -0.2) is 4.57 Å². The van der Waals surface area contributed by atoms with Crippen molar-refractivity contribution in [2.75, 3.05) is 26.4 Å². The van der Waals surface area contributed by atoms with Crippen LogP contribution in [-0.4, -0.2) is 205 Å². The highest BCUT2D eigenvalue weighted by Crippen LogP contribution is 2.49. The molecule has 10 N–H and O–H groups in total. The van der Waals surface area contributed by atoms with E-state index in [1.165, 1.54) is 161 Å². The fraction of sp³-hybridized carbons (Fsp3) is 0.916. The lowest BCUT2D eigenvalue weighted by Crippen LogP contribution is -2.70. The minimum atomic E-state index is -5.81. The third-order valence-corrected chi connectivity index (χ3v) is 25.1. The molecule has 19 atom stereocenters. The van der Waals surface area contributed by atoms with Gasteiger partial charge in [0.05, 0.1) is 13.2 Å². The Morgan fingerprint density at radius 3 is 1.07 bits per heavy atom. The Balaban J connectivity index is 1.91. The first-order valence-corrected chi connectivity index (χ1v) is 50.5. The zero-order chi connectivity index (χ0) is 88.4. The van der Waals surface area contributed by atoms with E-state index < -0.39 is 162 Å². The molecule has 2 saturated heterocycles. The summed E-state index contributed by atoms with van der Waals surface area (Å²) in [5.41, 5.74) is 0. The Kier molecular flexibility index (Phi) is 67.5. The number of unbranched alkanes of at least 4 members (excludes halogenated alkanes) is 47. The van der Waals surface area contributed by atoms with Crippen LogP contribution < -0.4 is 0 Å². The van der Waals surface area contributed by atoms with Gasteiger partial charge in [0.15, 0.2) is 24.8 Å². The van der Waals surface area contributed by atoms with Crippen LogP contribution in [0, 0.1) is 5.92 Å². The molecule has 19 unspecified atom stereocenters. The maximum atomic E-state index is 14.9. The molecule has 3 rings (SSSR count). The van der Waals surface area contributed by atoms with Crippen LogP contribution in [0.1, 0.15) is 420 Å². The number of phosphoric acid groups is 1. The van der Waals surface area contributed by atoms with Gasteiger partial charge in [0.25, 0.3) is 0 Å². The number of esters is 4. The van der Waals surface area contributed by atoms with Crippen LogP contribution in [0.2, 0.25) is 0 Å². The summed E-state index contributed by atoms with van der Waals surface area (Å²) in [6.45, 7) is 7.92. The monoisotopic (exact) mass is 1750 g/mol. The summed E-state index contributed by atoms with van der Waals surface area (Å²) in [7, 11) is -5.81. The van der Waals surface area contributed by atoms with Crippen molar-refractivity contribution < 1.29 is 122 Å². The predicted molar refractivity (Wildman–Crippen MR) is 472 cm³/mol. The number of hydrogen-bond acceptors (Lipinski definition) is 24. The Labute approximate surface area is 730 Å². The molecular weight excluding hydrogens is 1570 g/mol. The summed E-state index contributed by atoms with van der Waals surface area (Å²) < 4.78 is 73.6. The minimum absolute atomic E-state index is 0.0149. The molecular formula is C95H175O25P. The minimum Gasteiger partial charge on any atom is -0.463 e. The van der Waals surface area contributed by atoms with E-state index in [2.05, 4.69) is 58.9 Å². The lowest BCUT2D eigenvalue weighted by molar-refractivity contribution is -0.360. The quantitative estimate of drug-likeness (QED) is 0.00889. The van der Waals surface area contributed by atoms with Gasteiger partial charge in [-0.1, -0.05) is 341 Å². The molecule has 25 nitrogen and oxygen atoms in total. The summed E-state index contributed by atoms with van der Waals surface area (Å²) >= 11 is 0. The lowest BCUT2D eigenvalue weighted by Gasteiger charge is -2.50. The summed E-state index contributed by atoms with van der Waals surface area (Å²) in [6.07, 6.45) is 32.9. The first-order valence-electron chi connectivity index (χ1n) is 49.0. The van der Waals surface area contributed by atoms with E-state index in [-0.39, 0.29) is 25.7 Å². The summed E-state index contributed by atoms with van der Waals surface area (Å²) in [4.78, 5) is 66.6. The number of carbonyl (C=O) groups is 4. The Morgan fingerprint density at radius 2 is 0.669 bits per heavy atom. The van der Waals surface area contributed by atoms with Crippen molar-refractivity contribution in [3.63, 3.8) is 0 Å². The summed E-state index contributed by atoms with van der Waals surface area (Å²) in [6, 6.07) is 0. The van der Waals surface area contributed by atoms with E-state index in [9.17, 15) is 74.6 Å². The van der Waals surface area contributed by atoms with Gasteiger partial charge in [0, 0.05) is 25.7 Å². The highest BCUT2D eigenvalue weighted by Gasteiger charge is 2.60. The Bertz CT molecular complexity index is 2620. The van der Waals surface area contributed by atoms with Crippen molar-refractivity contribution in [2.24, 2.45) is 5.92 Å². The molecule has 0 aromatic rings. The molecule has 0 amide bonds. The van der Waals surface area contributed by atoms with Crippen molar-refractivity contribution in [1.29, 1.82) is 0 Å². The van der Waals surface area contributed by atoms with Crippen LogP contribution in [0.3, 0.4) is 0 Å². The summed E-state index contributed by atoms with van der Waals surface area (Å²) in [5.74, 6) is -2.28. The van der Waals surface area contributed by atoms with Crippen molar-refractivity contribution >= 4 is 31.7 Å². The molecule has 1 aliphatic carbocycles. The molecule has 710 valence electrons. The molecule has 0 bridgehead atoms. The average molecular weight is 1750 g/mol. The van der Waals surface area contributed by atoms with E-state index in [1.54, 1.807) is 0 Å². The van der Waals surface area contributed by atoms with Crippen molar-refractivity contribution in [3.05, 3.63) is 24.3 Å². The molecule has 0 aromatic heterocycles. The van der Waals surface area contributed by atoms with Gasteiger partial charge >= 0.3 is 31.7 Å². The molecule has 0 radical (unpaired) electrons. The van der Waals surface area contributed by atoms with Gasteiger partial charge in [0.1, 0.15) is 92.6 Å². The van der Waals surface area contributed by atoms with Gasteiger partial charge in [-0.3, -0.25) is 28.2 Å². The normalized spacial score (nSPS) is 25.0. The van der Waals surface area contributed by atoms with Gasteiger partial charge < -0.3 is 88.7 Å². The molecule has 26 heteroatoms. The second kappa shape index (κ2) is 72.8. The van der Waals surface area contributed by atoms with E-state index in [0.717, 1.165) is 161 Å². The third-order valence-electron chi connectivity index (χ3n) is 24.1. The van der Waals surface area contributed by atoms with E-state index in [1.807, 2.05) is 0 Å². The average Bonchev–Trinajstić information content (AvgIpc) is 0.753. The van der Waals surface area contributed by atoms with Crippen molar-refractivity contribution in [3.8, 4) is 0 Å². The number of phosphoric ester groups is 1. The Morgan fingerprint density at radius 1 is 0.347 bits per heavy atom. The molecule has 0 aromatic carbocycles. The number of ether oxygens (including phenoxy) is 8. The smallest absolute Gasteiger partial charge is 0.463 e. The van der Waals surface area contributed by atoms with Gasteiger partial charge in [-0.2, -0.15) is 0 Å². The van der Waals surface area contributed by atoms with Gasteiger partial charge in [0.2, 0.25) is 0 Å². The number of rotatable bonds is 79. The second-order valence-electron chi connectivity index (χ2n) is 35.2. The maximum absolute atomic E-state index is 14.9. The van der Waals surface area contributed by atoms with Crippen LogP contribution >= 0.6 is 7.82 Å². The summed E-state index contributed by atoms with van der Waals surface area (Å²) in [5, 5.41) is 103. The molecule has 2 heterocycles. The number of hydrogen-bond donors (Lipinski definition) is 10. The topological polar surface area (TPSA) is 380 Å². The lowest BCUT2D eigenvalue weighted by atomic mass is 9.84. The van der Waals surface area contributed by atoms with Crippen LogP contribution in [0.15, 0.2) is 24.3 Å². The fourth-order valence-electron chi connectivity index (χ4n) is 16.2. The molecule has 1 saturated carbocycles. The largest absolute Gasteiger partial charge is 0.472 e. The van der Waals surface area contributed by atoms with E-state index in [4.69, 9.17) is 46.9 Å². The number of carbonyl (C=O) groups excluding carboxylic acids is 4. The van der Waals surface area contributed by atoms with Crippen LogP contribution in [-0.2, 0) is 70.7 Å². The number of aliphatic hydroxyl groups excluding tert-OH is 9.